The molecule has 20 heavy (non-hydrogen) atoms. The van der Waals surface area contributed by atoms with Crippen LogP contribution in [0.4, 0.5) is 0 Å². The van der Waals surface area contributed by atoms with E-state index in [1.54, 1.807) is 0 Å². The third kappa shape index (κ3) is 6.54. The lowest BCUT2D eigenvalue weighted by Gasteiger charge is -2.18. The molecule has 5 nitrogen and oxygen atoms in total. The van der Waals surface area contributed by atoms with Crippen molar-refractivity contribution in [2.24, 2.45) is 0 Å². The lowest BCUT2D eigenvalue weighted by molar-refractivity contribution is 0.433. The Morgan fingerprint density at radius 1 is 0.800 bits per heavy atom. The Morgan fingerprint density at radius 3 is 1.70 bits per heavy atom. The van der Waals surface area contributed by atoms with Gasteiger partial charge in [0.25, 0.3) is 20.2 Å². The topological polar surface area (TPSA) is 77.5 Å². The van der Waals surface area contributed by atoms with Gasteiger partial charge in [0.1, 0.15) is 0 Å². The van der Waals surface area contributed by atoms with E-state index in [-0.39, 0.29) is 0 Å². The molecule has 0 amide bonds. The van der Waals surface area contributed by atoms with Gasteiger partial charge in [-0.15, -0.1) is 3.63 Å². The van der Waals surface area contributed by atoms with Gasteiger partial charge in [0.05, 0.1) is 10.5 Å². The molecule has 0 rings (SSSR count). The van der Waals surface area contributed by atoms with E-state index in [1.807, 2.05) is 20.8 Å². The van der Waals surface area contributed by atoms with Crippen LogP contribution in [0.1, 0.15) is 72.6 Å². The summed E-state index contributed by atoms with van der Waals surface area (Å²) < 4.78 is 52.7. The molecule has 0 aromatic rings. The SMILES string of the molecule is CCCCC(C)S(=O)(=O)OS(=O)(=O)C(CCC)CCC. The number of unbranched alkanes of at least 4 members (excludes halogenated alkanes) is 1. The minimum atomic E-state index is -4.06. The minimum absolute atomic E-state index is 0.417. The molecule has 0 N–H and O–H groups in total. The van der Waals surface area contributed by atoms with E-state index in [0.717, 1.165) is 12.8 Å². The Labute approximate surface area is 124 Å². The number of hydrogen-bond acceptors (Lipinski definition) is 5. The van der Waals surface area contributed by atoms with Gasteiger partial charge in [-0.1, -0.05) is 46.5 Å². The van der Waals surface area contributed by atoms with Crippen LogP contribution >= 0.6 is 0 Å². The summed E-state index contributed by atoms with van der Waals surface area (Å²) in [6, 6.07) is 0. The molecule has 0 aliphatic carbocycles. The normalized spacial score (nSPS) is 14.7. The number of hydrogen-bond donors (Lipinski definition) is 0. The highest BCUT2D eigenvalue weighted by Crippen LogP contribution is 2.21. The van der Waals surface area contributed by atoms with E-state index < -0.39 is 30.7 Å². The monoisotopic (exact) mass is 328 g/mol. The molecular weight excluding hydrogens is 300 g/mol. The van der Waals surface area contributed by atoms with Crippen molar-refractivity contribution in [3.05, 3.63) is 0 Å². The van der Waals surface area contributed by atoms with Crippen LogP contribution in [0.15, 0.2) is 0 Å². The van der Waals surface area contributed by atoms with Crippen LogP contribution in [0.3, 0.4) is 0 Å². The molecule has 0 spiro atoms. The Hall–Kier alpha value is -0.140. The highest BCUT2D eigenvalue weighted by atomic mass is 32.3. The molecule has 0 saturated heterocycles. The quantitative estimate of drug-likeness (QED) is 0.582. The Bertz CT molecular complexity index is 447. The van der Waals surface area contributed by atoms with Crippen LogP contribution in [0, 0.1) is 0 Å². The molecule has 0 aromatic heterocycles. The van der Waals surface area contributed by atoms with Crippen molar-refractivity contribution in [3.8, 4) is 0 Å². The van der Waals surface area contributed by atoms with Crippen LogP contribution in [-0.2, 0) is 23.9 Å². The summed E-state index contributed by atoms with van der Waals surface area (Å²) in [6.07, 6.45) is 4.22. The number of rotatable bonds is 11. The average Bonchev–Trinajstić information content (AvgIpc) is 2.34. The van der Waals surface area contributed by atoms with E-state index in [4.69, 9.17) is 0 Å². The second-order valence-corrected chi connectivity index (χ2v) is 9.19. The Morgan fingerprint density at radius 2 is 1.30 bits per heavy atom. The zero-order valence-corrected chi connectivity index (χ0v) is 14.6. The van der Waals surface area contributed by atoms with E-state index in [0.29, 0.717) is 32.1 Å². The van der Waals surface area contributed by atoms with Crippen LogP contribution in [0.2, 0.25) is 0 Å². The van der Waals surface area contributed by atoms with Crippen molar-refractivity contribution < 1.29 is 20.5 Å². The lowest BCUT2D eigenvalue weighted by atomic mass is 10.2. The van der Waals surface area contributed by atoms with E-state index in [1.165, 1.54) is 6.92 Å². The van der Waals surface area contributed by atoms with Crippen molar-refractivity contribution >= 4 is 20.2 Å². The van der Waals surface area contributed by atoms with Crippen molar-refractivity contribution in [2.45, 2.75) is 83.1 Å². The smallest absolute Gasteiger partial charge is 0.198 e. The molecule has 0 aliphatic rings. The molecule has 7 heteroatoms. The van der Waals surface area contributed by atoms with Gasteiger partial charge in [-0.2, -0.15) is 16.8 Å². The van der Waals surface area contributed by atoms with E-state index >= 15 is 0 Å². The lowest BCUT2D eigenvalue weighted by Crippen LogP contribution is -2.30. The van der Waals surface area contributed by atoms with Gasteiger partial charge in [0.2, 0.25) is 0 Å². The summed E-state index contributed by atoms with van der Waals surface area (Å²) in [6.45, 7) is 7.19. The maximum Gasteiger partial charge on any atom is 0.284 e. The Balaban J connectivity index is 4.95. The van der Waals surface area contributed by atoms with Gasteiger partial charge in [0.15, 0.2) is 0 Å². The van der Waals surface area contributed by atoms with Gasteiger partial charge in [-0.05, 0) is 26.2 Å². The summed E-state index contributed by atoms with van der Waals surface area (Å²) in [4.78, 5) is 0. The fraction of sp³-hybridized carbons (Fsp3) is 1.00. The molecule has 1 unspecified atom stereocenters. The van der Waals surface area contributed by atoms with E-state index in [2.05, 4.69) is 3.63 Å². The van der Waals surface area contributed by atoms with Crippen molar-refractivity contribution in [1.82, 2.24) is 0 Å². The van der Waals surface area contributed by atoms with Gasteiger partial charge in [-0.25, -0.2) is 0 Å². The summed E-state index contributed by atoms with van der Waals surface area (Å²) in [5.74, 6) is 0. The molecule has 1 atom stereocenters. The predicted octanol–water partition coefficient (Wildman–Crippen LogP) is 3.21. The summed E-state index contributed by atoms with van der Waals surface area (Å²) in [7, 11) is -8.12. The van der Waals surface area contributed by atoms with Crippen LogP contribution < -0.4 is 0 Å². The zero-order valence-electron chi connectivity index (χ0n) is 13.0. The highest BCUT2D eigenvalue weighted by molar-refractivity contribution is 8.00. The fourth-order valence-electron chi connectivity index (χ4n) is 1.97. The van der Waals surface area contributed by atoms with Gasteiger partial charge in [0, 0.05) is 0 Å². The average molecular weight is 328 g/mol. The molecule has 0 bridgehead atoms. The van der Waals surface area contributed by atoms with Crippen LogP contribution in [0.25, 0.3) is 0 Å². The molecule has 0 heterocycles. The molecule has 0 saturated carbocycles. The second kappa shape index (κ2) is 9.00. The third-order valence-corrected chi connectivity index (χ3v) is 7.30. The highest BCUT2D eigenvalue weighted by Gasteiger charge is 2.33. The molecule has 0 fully saturated rings. The minimum Gasteiger partial charge on any atom is -0.198 e. The van der Waals surface area contributed by atoms with Gasteiger partial charge >= 0.3 is 0 Å². The van der Waals surface area contributed by atoms with Gasteiger partial charge in [-0.3, -0.25) is 0 Å². The maximum absolute atomic E-state index is 12.1. The first-order chi connectivity index (χ1) is 9.21. The van der Waals surface area contributed by atoms with Crippen molar-refractivity contribution in [3.63, 3.8) is 0 Å². The predicted molar refractivity (Wildman–Crippen MR) is 81.5 cm³/mol. The van der Waals surface area contributed by atoms with Crippen molar-refractivity contribution in [2.75, 3.05) is 0 Å². The molecule has 0 aromatic carbocycles. The molecule has 122 valence electrons. The second-order valence-electron chi connectivity index (χ2n) is 5.21. The zero-order chi connectivity index (χ0) is 15.8. The first-order valence-corrected chi connectivity index (χ1v) is 10.3. The fourth-order valence-corrected chi connectivity index (χ4v) is 5.51. The maximum atomic E-state index is 12.1. The van der Waals surface area contributed by atoms with E-state index in [9.17, 15) is 16.8 Å². The van der Waals surface area contributed by atoms with Crippen LogP contribution in [0.5, 0.6) is 0 Å². The molecule has 0 radical (unpaired) electrons. The Kier molecular flexibility index (Phi) is 8.93. The molecule has 0 aliphatic heterocycles. The summed E-state index contributed by atoms with van der Waals surface area (Å²) >= 11 is 0. The standard InChI is InChI=1S/C13H28O5S2/c1-5-8-11-12(4)19(14,15)18-20(16,17)13(9-6-2)10-7-3/h12-13H,5-11H2,1-4H3. The van der Waals surface area contributed by atoms with Crippen LogP contribution in [-0.4, -0.2) is 27.3 Å². The van der Waals surface area contributed by atoms with Gasteiger partial charge < -0.3 is 0 Å². The first-order valence-electron chi connectivity index (χ1n) is 7.39. The summed E-state index contributed by atoms with van der Waals surface area (Å²) in [5, 5.41) is -1.52. The first kappa shape index (κ1) is 19.9. The summed E-state index contributed by atoms with van der Waals surface area (Å²) in [5.41, 5.74) is 0. The largest absolute Gasteiger partial charge is 0.284 e. The van der Waals surface area contributed by atoms with Crippen molar-refractivity contribution in [1.29, 1.82) is 0 Å². The third-order valence-electron chi connectivity index (χ3n) is 3.28. The molecular formula is C13H28O5S2.